The van der Waals surface area contributed by atoms with Crippen molar-refractivity contribution in [1.29, 1.82) is 0 Å². The number of amides is 2. The zero-order valence-electron chi connectivity index (χ0n) is 15.9. The standard InChI is InChI=1S/C21H26ClN3O2/c1-3-12-25(13-4-2)21(27)17-9-11-23-19(15-17)20(26)24-10-8-16-6-5-7-18(22)14-16/h5-7,9,11,14-15H,3-4,8,10,12-13H2,1-2H3,(H,24,26). The van der Waals surface area contributed by atoms with E-state index in [1.54, 1.807) is 12.1 Å². The van der Waals surface area contributed by atoms with Crippen LogP contribution >= 0.6 is 11.6 Å². The molecular formula is C21H26ClN3O2. The maximum atomic E-state index is 12.7. The molecule has 0 atom stereocenters. The highest BCUT2D eigenvalue weighted by atomic mass is 35.5. The van der Waals surface area contributed by atoms with E-state index in [-0.39, 0.29) is 17.5 Å². The SMILES string of the molecule is CCCN(CCC)C(=O)c1ccnc(C(=O)NCCc2cccc(Cl)c2)c1. The van der Waals surface area contributed by atoms with Crippen molar-refractivity contribution in [3.05, 3.63) is 64.4 Å². The molecule has 1 N–H and O–H groups in total. The van der Waals surface area contributed by atoms with Crippen molar-refractivity contribution >= 4 is 23.4 Å². The van der Waals surface area contributed by atoms with Gasteiger partial charge in [-0.1, -0.05) is 37.6 Å². The van der Waals surface area contributed by atoms with E-state index in [1.807, 2.05) is 43.0 Å². The maximum Gasteiger partial charge on any atom is 0.269 e. The van der Waals surface area contributed by atoms with Crippen LogP contribution in [0, 0.1) is 0 Å². The lowest BCUT2D eigenvalue weighted by atomic mass is 10.1. The third-order valence-corrected chi connectivity index (χ3v) is 4.34. The molecule has 144 valence electrons. The first-order chi connectivity index (χ1) is 13.0. The lowest BCUT2D eigenvalue weighted by Crippen LogP contribution is -2.33. The summed E-state index contributed by atoms with van der Waals surface area (Å²) >= 11 is 5.97. The summed E-state index contributed by atoms with van der Waals surface area (Å²) in [7, 11) is 0. The zero-order valence-corrected chi connectivity index (χ0v) is 16.6. The zero-order chi connectivity index (χ0) is 19.6. The van der Waals surface area contributed by atoms with Gasteiger partial charge in [0, 0.05) is 36.4 Å². The summed E-state index contributed by atoms with van der Waals surface area (Å²) in [5.74, 6) is -0.349. The molecule has 0 bridgehead atoms. The number of carbonyl (C=O) groups is 2. The van der Waals surface area contributed by atoms with Gasteiger partial charge < -0.3 is 10.2 Å². The van der Waals surface area contributed by atoms with Gasteiger partial charge in [0.15, 0.2) is 0 Å². The molecule has 27 heavy (non-hydrogen) atoms. The second-order valence-corrected chi connectivity index (χ2v) is 6.79. The first-order valence-corrected chi connectivity index (χ1v) is 9.71. The number of rotatable bonds is 9. The molecule has 0 radical (unpaired) electrons. The van der Waals surface area contributed by atoms with Crippen LogP contribution in [-0.4, -0.2) is 41.3 Å². The van der Waals surface area contributed by atoms with E-state index in [9.17, 15) is 9.59 Å². The Hall–Kier alpha value is -2.40. The largest absolute Gasteiger partial charge is 0.350 e. The Morgan fingerprint density at radius 2 is 1.85 bits per heavy atom. The van der Waals surface area contributed by atoms with Crippen LogP contribution in [0.1, 0.15) is 53.1 Å². The fourth-order valence-corrected chi connectivity index (χ4v) is 3.04. The summed E-state index contributed by atoms with van der Waals surface area (Å²) in [6.07, 6.45) is 3.97. The molecule has 2 amide bonds. The lowest BCUT2D eigenvalue weighted by Gasteiger charge is -2.21. The number of carbonyl (C=O) groups excluding carboxylic acids is 2. The van der Waals surface area contributed by atoms with Gasteiger partial charge in [-0.05, 0) is 49.1 Å². The first kappa shape index (κ1) is 20.9. The summed E-state index contributed by atoms with van der Waals surface area (Å²) in [6, 6.07) is 10.8. The van der Waals surface area contributed by atoms with Gasteiger partial charge in [0.05, 0.1) is 0 Å². The second kappa shape index (κ2) is 10.7. The van der Waals surface area contributed by atoms with E-state index in [0.717, 1.165) is 18.4 Å². The van der Waals surface area contributed by atoms with Crippen molar-refractivity contribution in [1.82, 2.24) is 15.2 Å². The number of benzene rings is 1. The second-order valence-electron chi connectivity index (χ2n) is 6.36. The van der Waals surface area contributed by atoms with Gasteiger partial charge in [0.25, 0.3) is 11.8 Å². The fourth-order valence-electron chi connectivity index (χ4n) is 2.83. The van der Waals surface area contributed by atoms with E-state index in [1.165, 1.54) is 6.20 Å². The average molecular weight is 388 g/mol. The Kier molecular flexibility index (Phi) is 8.27. The predicted octanol–water partition coefficient (Wildman–Crippen LogP) is 3.97. The maximum absolute atomic E-state index is 12.7. The highest BCUT2D eigenvalue weighted by molar-refractivity contribution is 6.30. The van der Waals surface area contributed by atoms with Gasteiger partial charge >= 0.3 is 0 Å². The van der Waals surface area contributed by atoms with E-state index >= 15 is 0 Å². The molecule has 0 fully saturated rings. The van der Waals surface area contributed by atoms with Crippen molar-refractivity contribution in [3.8, 4) is 0 Å². The average Bonchev–Trinajstić information content (AvgIpc) is 2.67. The molecule has 0 saturated heterocycles. The van der Waals surface area contributed by atoms with Crippen LogP contribution in [0.25, 0.3) is 0 Å². The molecule has 2 aromatic rings. The van der Waals surface area contributed by atoms with Crippen molar-refractivity contribution in [2.75, 3.05) is 19.6 Å². The molecular weight excluding hydrogens is 362 g/mol. The monoisotopic (exact) mass is 387 g/mol. The van der Waals surface area contributed by atoms with Crippen molar-refractivity contribution < 1.29 is 9.59 Å². The molecule has 0 aliphatic carbocycles. The van der Waals surface area contributed by atoms with Gasteiger partial charge in [-0.2, -0.15) is 0 Å². The van der Waals surface area contributed by atoms with Crippen LogP contribution in [0.15, 0.2) is 42.6 Å². The number of pyridine rings is 1. The minimum absolute atomic E-state index is 0.0610. The third kappa shape index (κ3) is 6.36. The van der Waals surface area contributed by atoms with Gasteiger partial charge in [-0.3, -0.25) is 14.6 Å². The van der Waals surface area contributed by atoms with Crippen LogP contribution < -0.4 is 5.32 Å². The Morgan fingerprint density at radius 3 is 2.52 bits per heavy atom. The van der Waals surface area contributed by atoms with Crippen molar-refractivity contribution in [3.63, 3.8) is 0 Å². The molecule has 0 aliphatic heterocycles. The quantitative estimate of drug-likeness (QED) is 0.708. The molecule has 0 saturated carbocycles. The Morgan fingerprint density at radius 1 is 1.11 bits per heavy atom. The lowest BCUT2D eigenvalue weighted by molar-refractivity contribution is 0.0755. The number of nitrogens with zero attached hydrogens (tertiary/aromatic N) is 2. The highest BCUT2D eigenvalue weighted by Gasteiger charge is 2.16. The normalized spacial score (nSPS) is 10.5. The summed E-state index contributed by atoms with van der Waals surface area (Å²) in [6.45, 7) is 5.96. The van der Waals surface area contributed by atoms with Gasteiger partial charge in [0.1, 0.15) is 5.69 Å². The topological polar surface area (TPSA) is 62.3 Å². The summed E-state index contributed by atoms with van der Waals surface area (Å²) in [5.41, 5.74) is 1.79. The molecule has 2 rings (SSSR count). The predicted molar refractivity (Wildman–Crippen MR) is 108 cm³/mol. The molecule has 5 nitrogen and oxygen atoms in total. The van der Waals surface area contributed by atoms with Crippen molar-refractivity contribution in [2.24, 2.45) is 0 Å². The number of halogens is 1. The molecule has 6 heteroatoms. The Labute approximate surface area is 165 Å². The summed E-state index contributed by atoms with van der Waals surface area (Å²) in [5, 5.41) is 3.52. The van der Waals surface area contributed by atoms with Crippen LogP contribution in [-0.2, 0) is 6.42 Å². The summed E-state index contributed by atoms with van der Waals surface area (Å²) < 4.78 is 0. The highest BCUT2D eigenvalue weighted by Crippen LogP contribution is 2.11. The van der Waals surface area contributed by atoms with Crippen molar-refractivity contribution in [2.45, 2.75) is 33.1 Å². The molecule has 1 aromatic heterocycles. The van der Waals surface area contributed by atoms with Crippen LogP contribution in [0.5, 0.6) is 0 Å². The summed E-state index contributed by atoms with van der Waals surface area (Å²) in [4.78, 5) is 31.0. The Bertz CT molecular complexity index is 774. The Balaban J connectivity index is 1.98. The number of hydrogen-bond acceptors (Lipinski definition) is 3. The fraction of sp³-hybridized carbons (Fsp3) is 0.381. The molecule has 0 spiro atoms. The van der Waals surface area contributed by atoms with E-state index in [4.69, 9.17) is 11.6 Å². The van der Waals surface area contributed by atoms with Gasteiger partial charge in [0.2, 0.25) is 0 Å². The molecule has 1 heterocycles. The smallest absolute Gasteiger partial charge is 0.269 e. The molecule has 0 unspecified atom stereocenters. The first-order valence-electron chi connectivity index (χ1n) is 9.33. The molecule has 0 aliphatic rings. The van der Waals surface area contributed by atoms with E-state index in [0.29, 0.717) is 36.6 Å². The molecule has 1 aromatic carbocycles. The van der Waals surface area contributed by atoms with E-state index < -0.39 is 0 Å². The third-order valence-electron chi connectivity index (χ3n) is 4.10. The number of nitrogens with one attached hydrogen (secondary N) is 1. The van der Waals surface area contributed by atoms with Crippen LogP contribution in [0.4, 0.5) is 0 Å². The number of hydrogen-bond donors (Lipinski definition) is 1. The van der Waals surface area contributed by atoms with Crippen LogP contribution in [0.3, 0.4) is 0 Å². The van der Waals surface area contributed by atoms with E-state index in [2.05, 4.69) is 10.3 Å². The minimum atomic E-state index is -0.288. The van der Waals surface area contributed by atoms with Gasteiger partial charge in [-0.25, -0.2) is 0 Å². The number of aromatic nitrogens is 1. The van der Waals surface area contributed by atoms with Crippen LogP contribution in [0.2, 0.25) is 5.02 Å². The minimum Gasteiger partial charge on any atom is -0.350 e. The van der Waals surface area contributed by atoms with Gasteiger partial charge in [-0.15, -0.1) is 0 Å².